The first-order valence-corrected chi connectivity index (χ1v) is 4.18. The summed E-state index contributed by atoms with van der Waals surface area (Å²) in [4.78, 5) is 14.0. The Morgan fingerprint density at radius 2 is 1.93 bits per heavy atom. The van der Waals surface area contributed by atoms with Gasteiger partial charge in [0.05, 0.1) is 12.5 Å². The smallest absolute Gasteiger partial charge is 0.255 e. The Labute approximate surface area is 82.1 Å². The minimum atomic E-state index is -0.195. The van der Waals surface area contributed by atoms with E-state index in [9.17, 15) is 4.79 Å². The number of rotatable bonds is 1. The summed E-state index contributed by atoms with van der Waals surface area (Å²) < 4.78 is 5.12. The molecule has 68 valence electrons. The van der Waals surface area contributed by atoms with Crippen LogP contribution in [0.25, 0.3) is 10.8 Å². The van der Waals surface area contributed by atoms with E-state index in [1.165, 1.54) is 7.11 Å². The van der Waals surface area contributed by atoms with E-state index in [2.05, 4.69) is 4.98 Å². The summed E-state index contributed by atoms with van der Waals surface area (Å²) in [5.74, 6) is 0.514. The first-order chi connectivity index (χ1) is 6.74. The van der Waals surface area contributed by atoms with Crippen LogP contribution in [0.1, 0.15) is 0 Å². The third-order valence-electron chi connectivity index (χ3n) is 2.11. The number of hydrogen-bond acceptors (Lipinski definition) is 2. The average molecular weight is 185 g/mol. The molecule has 0 aliphatic rings. The number of fused-ring (bicyclic) bond motifs is 1. The lowest BCUT2D eigenvalue weighted by atomic mass is 9.99. The quantitative estimate of drug-likeness (QED) is 0.650. The van der Waals surface area contributed by atoms with Crippen LogP contribution in [0.2, 0.25) is 0 Å². The zero-order valence-corrected chi connectivity index (χ0v) is 7.70. The molecule has 3 nitrogen and oxygen atoms in total. The number of methoxy groups -OCH3 is 1. The van der Waals surface area contributed by atoms with Crippen molar-refractivity contribution in [3.63, 3.8) is 0 Å². The zero-order chi connectivity index (χ0) is 10.1. The molecule has 2 rings (SSSR count). The summed E-state index contributed by atoms with van der Waals surface area (Å²) in [6.07, 6.45) is 0. The Kier molecular flexibility index (Phi) is 2.04. The van der Waals surface area contributed by atoms with Gasteiger partial charge in [-0.25, -0.2) is 0 Å². The third kappa shape index (κ3) is 1.19. The van der Waals surface area contributed by atoms with E-state index in [4.69, 9.17) is 12.6 Å². The highest BCUT2D eigenvalue weighted by Gasteiger charge is 2.06. The molecule has 2 radical (unpaired) electrons. The van der Waals surface area contributed by atoms with E-state index >= 15 is 0 Å². The van der Waals surface area contributed by atoms with E-state index in [0.29, 0.717) is 11.1 Å². The van der Waals surface area contributed by atoms with Crippen LogP contribution < -0.4 is 15.9 Å². The topological polar surface area (TPSA) is 42.1 Å². The Bertz CT molecular complexity index is 533. The van der Waals surface area contributed by atoms with Gasteiger partial charge in [-0.15, -0.1) is 0 Å². The largest absolute Gasteiger partial charge is 0.495 e. The highest BCUT2D eigenvalue weighted by atomic mass is 16.5. The second-order valence-corrected chi connectivity index (χ2v) is 2.95. The molecule has 0 spiro atoms. The number of H-pyrrole nitrogens is 1. The lowest BCUT2D eigenvalue weighted by Crippen LogP contribution is -2.22. The van der Waals surface area contributed by atoms with Crippen LogP contribution in [-0.4, -0.2) is 19.9 Å². The first kappa shape index (κ1) is 8.87. The first-order valence-electron chi connectivity index (χ1n) is 4.18. The highest BCUT2D eigenvalue weighted by Crippen LogP contribution is 2.18. The second kappa shape index (κ2) is 3.22. The predicted octanol–water partition coefficient (Wildman–Crippen LogP) is 0.330. The number of benzene rings is 1. The summed E-state index contributed by atoms with van der Waals surface area (Å²) in [5.41, 5.74) is 0.0649. The molecule has 0 aliphatic carbocycles. The monoisotopic (exact) mass is 185 g/mol. The molecule has 4 heteroatoms. The minimum Gasteiger partial charge on any atom is -0.495 e. The molecule has 1 N–H and O–H groups in total. The molecule has 0 saturated carbocycles. The normalized spacial score (nSPS) is 10.4. The predicted molar refractivity (Wildman–Crippen MR) is 56.5 cm³/mol. The van der Waals surface area contributed by atoms with E-state index in [-0.39, 0.29) is 11.2 Å². The zero-order valence-electron chi connectivity index (χ0n) is 7.70. The minimum absolute atomic E-state index is 0.195. The van der Waals surface area contributed by atoms with Crippen molar-refractivity contribution in [1.82, 2.24) is 4.98 Å². The van der Waals surface area contributed by atoms with Gasteiger partial charge in [0.1, 0.15) is 13.6 Å². The molecular formula is C10H8BNO2. The summed E-state index contributed by atoms with van der Waals surface area (Å²) in [6.45, 7) is 0. The van der Waals surface area contributed by atoms with Gasteiger partial charge >= 0.3 is 0 Å². The van der Waals surface area contributed by atoms with Gasteiger partial charge in [-0.2, -0.15) is 0 Å². The van der Waals surface area contributed by atoms with Crippen molar-refractivity contribution in [2.45, 2.75) is 0 Å². The van der Waals surface area contributed by atoms with Crippen molar-refractivity contribution in [3.05, 3.63) is 34.6 Å². The van der Waals surface area contributed by atoms with Crippen LogP contribution in [-0.2, 0) is 0 Å². The maximum absolute atomic E-state index is 11.5. The summed E-state index contributed by atoms with van der Waals surface area (Å²) >= 11 is 0. The maximum Gasteiger partial charge on any atom is 0.255 e. The average Bonchev–Trinajstić information content (AvgIpc) is 2.18. The fourth-order valence-corrected chi connectivity index (χ4v) is 1.49. The molecule has 0 unspecified atom stereocenters. The maximum atomic E-state index is 11.5. The van der Waals surface area contributed by atoms with Crippen LogP contribution in [0.5, 0.6) is 5.75 Å². The Morgan fingerprint density at radius 1 is 1.29 bits per heavy atom. The summed E-state index contributed by atoms with van der Waals surface area (Å²) in [6, 6.07) is 7.17. The van der Waals surface area contributed by atoms with Crippen molar-refractivity contribution >= 4 is 24.2 Å². The van der Waals surface area contributed by atoms with Crippen molar-refractivity contribution in [2.75, 3.05) is 7.11 Å². The number of aromatic nitrogens is 1. The third-order valence-corrected chi connectivity index (χ3v) is 2.11. The van der Waals surface area contributed by atoms with Gasteiger partial charge < -0.3 is 9.72 Å². The van der Waals surface area contributed by atoms with Gasteiger partial charge in [-0.3, -0.25) is 4.79 Å². The Hall–Kier alpha value is -1.71. The molecule has 0 saturated heterocycles. The molecule has 1 heterocycles. The lowest BCUT2D eigenvalue weighted by Gasteiger charge is -2.07. The van der Waals surface area contributed by atoms with E-state index in [1.807, 2.05) is 6.07 Å². The van der Waals surface area contributed by atoms with Crippen molar-refractivity contribution in [2.24, 2.45) is 0 Å². The van der Waals surface area contributed by atoms with Crippen molar-refractivity contribution in [3.8, 4) is 5.75 Å². The standard InChI is InChI=1S/C10H8BNO2/c1-14-8-6-4-2-3-5-7(6)10(13)12-9(8)11/h2-5H,1H3,(H,12,13). The van der Waals surface area contributed by atoms with Crippen LogP contribution in [0.4, 0.5) is 0 Å². The fourth-order valence-electron chi connectivity index (χ4n) is 1.49. The van der Waals surface area contributed by atoms with Crippen LogP contribution >= 0.6 is 0 Å². The van der Waals surface area contributed by atoms with Gasteiger partial charge in [0.25, 0.3) is 5.56 Å². The van der Waals surface area contributed by atoms with Crippen LogP contribution in [0.3, 0.4) is 0 Å². The molecule has 1 aromatic carbocycles. The van der Waals surface area contributed by atoms with E-state index < -0.39 is 0 Å². The van der Waals surface area contributed by atoms with Crippen LogP contribution in [0, 0.1) is 0 Å². The fraction of sp³-hybridized carbons (Fsp3) is 0.100. The van der Waals surface area contributed by atoms with Gasteiger partial charge in [0.2, 0.25) is 0 Å². The molecular weight excluding hydrogens is 177 g/mol. The van der Waals surface area contributed by atoms with E-state index in [1.54, 1.807) is 18.2 Å². The second-order valence-electron chi connectivity index (χ2n) is 2.95. The molecule has 0 atom stereocenters. The molecule has 0 aliphatic heterocycles. The number of pyridine rings is 1. The number of nitrogens with one attached hydrogen (secondary N) is 1. The Balaban J connectivity index is 2.98. The molecule has 14 heavy (non-hydrogen) atoms. The highest BCUT2D eigenvalue weighted by molar-refractivity contribution is 6.34. The van der Waals surface area contributed by atoms with Gasteiger partial charge in [-0.05, 0) is 6.07 Å². The van der Waals surface area contributed by atoms with Crippen LogP contribution in [0.15, 0.2) is 29.1 Å². The molecule has 0 bridgehead atoms. The summed E-state index contributed by atoms with van der Waals surface area (Å²) in [7, 11) is 7.14. The van der Waals surface area contributed by atoms with Gasteiger partial charge in [-0.1, -0.05) is 18.2 Å². The van der Waals surface area contributed by atoms with Crippen molar-refractivity contribution < 1.29 is 4.74 Å². The molecule has 1 aromatic heterocycles. The van der Waals surface area contributed by atoms with E-state index in [0.717, 1.165) is 5.39 Å². The number of ether oxygens (including phenoxy) is 1. The van der Waals surface area contributed by atoms with Gasteiger partial charge in [0, 0.05) is 11.0 Å². The molecule has 2 aromatic rings. The number of aromatic amines is 1. The number of hydrogen-bond donors (Lipinski definition) is 1. The van der Waals surface area contributed by atoms with Gasteiger partial charge in [0.15, 0.2) is 0 Å². The SMILES string of the molecule is [B]c1[nH]c(=O)c2ccccc2c1OC. The summed E-state index contributed by atoms with van der Waals surface area (Å²) in [5, 5.41) is 1.31. The lowest BCUT2D eigenvalue weighted by molar-refractivity contribution is 0.422. The van der Waals surface area contributed by atoms with Crippen molar-refractivity contribution in [1.29, 1.82) is 0 Å². The Morgan fingerprint density at radius 3 is 2.57 bits per heavy atom. The molecule has 0 amide bonds. The molecule has 0 fully saturated rings.